The molecule has 92 valence electrons. The van der Waals surface area contributed by atoms with Crippen LogP contribution in [0.15, 0.2) is 18.2 Å². The third-order valence-corrected chi connectivity index (χ3v) is 3.21. The molecular formula is C13H17NO3. The van der Waals surface area contributed by atoms with Crippen molar-refractivity contribution < 1.29 is 14.6 Å². The lowest BCUT2D eigenvalue weighted by atomic mass is 10.1. The summed E-state index contributed by atoms with van der Waals surface area (Å²) in [4.78, 5) is 12.0. The van der Waals surface area contributed by atoms with Crippen LogP contribution >= 0.6 is 0 Å². The average Bonchev–Trinajstić information content (AvgIpc) is 3.10. The maximum absolute atomic E-state index is 12.0. The highest BCUT2D eigenvalue weighted by molar-refractivity contribution is 5.95. The molecule has 1 saturated carbocycles. The van der Waals surface area contributed by atoms with Crippen molar-refractivity contribution in [2.45, 2.75) is 25.3 Å². The second-order valence-electron chi connectivity index (χ2n) is 4.58. The predicted molar refractivity (Wildman–Crippen MR) is 64.2 cm³/mol. The van der Waals surface area contributed by atoms with Crippen molar-refractivity contribution in [2.24, 2.45) is 0 Å². The van der Waals surface area contributed by atoms with Gasteiger partial charge in [-0.25, -0.2) is 0 Å². The van der Waals surface area contributed by atoms with Crippen molar-refractivity contribution in [1.82, 2.24) is 5.32 Å². The molecule has 0 bridgehead atoms. The lowest BCUT2D eigenvalue weighted by Gasteiger charge is -2.15. The van der Waals surface area contributed by atoms with Crippen LogP contribution in [0.5, 0.6) is 5.75 Å². The number of carbonyl (C=O) groups excluding carboxylic acids is 1. The Hall–Kier alpha value is -1.55. The minimum atomic E-state index is -0.380. The molecule has 4 nitrogen and oxygen atoms in total. The van der Waals surface area contributed by atoms with E-state index in [-0.39, 0.29) is 18.1 Å². The first-order valence-electron chi connectivity index (χ1n) is 5.68. The molecule has 2 N–H and O–H groups in total. The van der Waals surface area contributed by atoms with E-state index in [0.717, 1.165) is 18.4 Å². The number of benzene rings is 1. The van der Waals surface area contributed by atoms with E-state index < -0.39 is 0 Å². The van der Waals surface area contributed by atoms with Crippen LogP contribution in [0.1, 0.15) is 28.8 Å². The van der Waals surface area contributed by atoms with Crippen LogP contribution in [0.25, 0.3) is 0 Å². The molecule has 1 amide bonds. The maximum Gasteiger partial charge on any atom is 0.251 e. The highest BCUT2D eigenvalue weighted by Crippen LogP contribution is 2.35. The van der Waals surface area contributed by atoms with Crippen molar-refractivity contribution in [2.75, 3.05) is 13.7 Å². The first kappa shape index (κ1) is 11.9. The number of amides is 1. The maximum atomic E-state index is 12.0. The van der Waals surface area contributed by atoms with Gasteiger partial charge in [0.15, 0.2) is 0 Å². The van der Waals surface area contributed by atoms with Crippen LogP contribution in [0.2, 0.25) is 0 Å². The first-order valence-corrected chi connectivity index (χ1v) is 5.68. The molecule has 0 aliphatic heterocycles. The first-order chi connectivity index (χ1) is 8.10. The number of aryl methyl sites for hydroxylation is 1. The SMILES string of the molecule is COc1cc(C(=O)NC2(CO)CC2)ccc1C. The second kappa shape index (κ2) is 4.37. The second-order valence-corrected chi connectivity index (χ2v) is 4.58. The molecule has 17 heavy (non-hydrogen) atoms. The van der Waals surface area contributed by atoms with E-state index >= 15 is 0 Å². The molecule has 0 radical (unpaired) electrons. The Kier molecular flexibility index (Phi) is 3.07. The number of hydrogen-bond donors (Lipinski definition) is 2. The highest BCUT2D eigenvalue weighted by atomic mass is 16.5. The monoisotopic (exact) mass is 235 g/mol. The summed E-state index contributed by atoms with van der Waals surface area (Å²) in [5.41, 5.74) is 1.18. The number of ether oxygens (including phenoxy) is 1. The Labute approximate surface area is 101 Å². The molecule has 0 aromatic heterocycles. The molecular weight excluding hydrogens is 218 g/mol. The molecule has 1 aromatic rings. The number of nitrogens with one attached hydrogen (secondary N) is 1. The van der Waals surface area contributed by atoms with Crippen LogP contribution in [0, 0.1) is 6.92 Å². The Balaban J connectivity index is 2.14. The zero-order chi connectivity index (χ0) is 12.5. The largest absolute Gasteiger partial charge is 0.496 e. The lowest BCUT2D eigenvalue weighted by molar-refractivity contribution is 0.0906. The minimum absolute atomic E-state index is 0.00172. The Morgan fingerprint density at radius 3 is 2.76 bits per heavy atom. The van der Waals surface area contributed by atoms with Gasteiger partial charge in [0.25, 0.3) is 5.91 Å². The summed E-state index contributed by atoms with van der Waals surface area (Å²) >= 11 is 0. The van der Waals surface area contributed by atoms with Crippen molar-refractivity contribution in [1.29, 1.82) is 0 Å². The van der Waals surface area contributed by atoms with Gasteiger partial charge in [-0.1, -0.05) is 6.07 Å². The van der Waals surface area contributed by atoms with Gasteiger partial charge in [0.05, 0.1) is 19.3 Å². The summed E-state index contributed by atoms with van der Waals surface area (Å²) in [6, 6.07) is 5.34. The molecule has 0 atom stereocenters. The van der Waals surface area contributed by atoms with E-state index in [2.05, 4.69) is 5.32 Å². The summed E-state index contributed by atoms with van der Waals surface area (Å²) in [5, 5.41) is 12.0. The number of carbonyl (C=O) groups is 1. The van der Waals surface area contributed by atoms with E-state index in [0.29, 0.717) is 11.3 Å². The smallest absolute Gasteiger partial charge is 0.251 e. The van der Waals surface area contributed by atoms with Gasteiger partial charge in [-0.2, -0.15) is 0 Å². The zero-order valence-corrected chi connectivity index (χ0v) is 10.1. The molecule has 2 rings (SSSR count). The zero-order valence-electron chi connectivity index (χ0n) is 10.1. The van der Waals surface area contributed by atoms with Gasteiger partial charge in [0, 0.05) is 5.56 Å². The van der Waals surface area contributed by atoms with Gasteiger partial charge in [0.2, 0.25) is 0 Å². The van der Waals surface area contributed by atoms with Gasteiger partial charge in [0.1, 0.15) is 5.75 Å². The minimum Gasteiger partial charge on any atom is -0.496 e. The van der Waals surface area contributed by atoms with Crippen molar-refractivity contribution in [3.8, 4) is 5.75 Å². The fourth-order valence-electron chi connectivity index (χ4n) is 1.75. The van der Waals surface area contributed by atoms with Crippen molar-refractivity contribution in [3.63, 3.8) is 0 Å². The molecule has 1 aliphatic carbocycles. The summed E-state index contributed by atoms with van der Waals surface area (Å²) in [5.74, 6) is 0.543. The predicted octanol–water partition coefficient (Wildman–Crippen LogP) is 1.26. The van der Waals surface area contributed by atoms with E-state index in [1.54, 1.807) is 19.2 Å². The van der Waals surface area contributed by atoms with Crippen molar-refractivity contribution in [3.05, 3.63) is 29.3 Å². The van der Waals surface area contributed by atoms with Crippen LogP contribution in [-0.4, -0.2) is 30.3 Å². The lowest BCUT2D eigenvalue weighted by Crippen LogP contribution is -2.39. The van der Waals surface area contributed by atoms with Crippen LogP contribution < -0.4 is 10.1 Å². The Morgan fingerprint density at radius 2 is 2.24 bits per heavy atom. The molecule has 0 saturated heterocycles. The summed E-state index contributed by atoms with van der Waals surface area (Å²) in [7, 11) is 1.58. The molecule has 0 heterocycles. The van der Waals surface area contributed by atoms with Gasteiger partial charge in [-0.3, -0.25) is 4.79 Å². The summed E-state index contributed by atoms with van der Waals surface area (Å²) in [6.45, 7) is 1.93. The van der Waals surface area contributed by atoms with Gasteiger partial charge >= 0.3 is 0 Å². The van der Waals surface area contributed by atoms with Gasteiger partial charge in [-0.05, 0) is 37.5 Å². The van der Waals surface area contributed by atoms with Crippen LogP contribution in [-0.2, 0) is 0 Å². The average molecular weight is 235 g/mol. The number of hydrogen-bond acceptors (Lipinski definition) is 3. The molecule has 1 fully saturated rings. The van der Waals surface area contributed by atoms with Crippen LogP contribution in [0.3, 0.4) is 0 Å². The molecule has 0 spiro atoms. The summed E-state index contributed by atoms with van der Waals surface area (Å²) in [6.07, 6.45) is 1.69. The Morgan fingerprint density at radius 1 is 1.53 bits per heavy atom. The Bertz CT molecular complexity index is 438. The van der Waals surface area contributed by atoms with E-state index in [1.807, 2.05) is 13.0 Å². The third-order valence-electron chi connectivity index (χ3n) is 3.21. The molecule has 0 unspecified atom stereocenters. The van der Waals surface area contributed by atoms with E-state index in [4.69, 9.17) is 9.84 Å². The van der Waals surface area contributed by atoms with E-state index in [9.17, 15) is 4.79 Å². The number of aliphatic hydroxyl groups is 1. The summed E-state index contributed by atoms with van der Waals surface area (Å²) < 4.78 is 5.18. The number of methoxy groups -OCH3 is 1. The highest BCUT2D eigenvalue weighted by Gasteiger charge is 2.43. The molecule has 4 heteroatoms. The van der Waals surface area contributed by atoms with Crippen molar-refractivity contribution >= 4 is 5.91 Å². The number of rotatable bonds is 4. The standard InChI is InChI=1S/C13H17NO3/c1-9-3-4-10(7-11(9)17-2)12(16)14-13(8-15)5-6-13/h3-4,7,15H,5-6,8H2,1-2H3,(H,14,16). The fraction of sp³-hybridized carbons (Fsp3) is 0.462. The quantitative estimate of drug-likeness (QED) is 0.826. The van der Waals surface area contributed by atoms with Crippen LogP contribution in [0.4, 0.5) is 0 Å². The van der Waals surface area contributed by atoms with Gasteiger partial charge in [-0.15, -0.1) is 0 Å². The third kappa shape index (κ3) is 2.42. The normalized spacial score (nSPS) is 16.4. The van der Waals surface area contributed by atoms with E-state index in [1.165, 1.54) is 0 Å². The molecule has 1 aliphatic rings. The van der Waals surface area contributed by atoms with Gasteiger partial charge < -0.3 is 15.2 Å². The molecule has 1 aromatic carbocycles. The fourth-order valence-corrected chi connectivity index (χ4v) is 1.75. The topological polar surface area (TPSA) is 58.6 Å². The number of aliphatic hydroxyl groups excluding tert-OH is 1.